The van der Waals surface area contributed by atoms with Gasteiger partial charge in [0.25, 0.3) is 0 Å². The summed E-state index contributed by atoms with van der Waals surface area (Å²) in [7, 11) is 0. The molecule has 194 valence electrons. The molecule has 0 aliphatic carbocycles. The highest BCUT2D eigenvalue weighted by molar-refractivity contribution is 9.10. The number of nitrogens with one attached hydrogen (secondary N) is 1. The van der Waals surface area contributed by atoms with Gasteiger partial charge in [0.05, 0.1) is 6.54 Å². The Morgan fingerprint density at radius 3 is 2.61 bits per heavy atom. The number of hydrogen-bond acceptors (Lipinski definition) is 6. The number of nitrogens with zero attached hydrogens (tertiary/aromatic N) is 5. The Morgan fingerprint density at radius 2 is 1.89 bits per heavy atom. The van der Waals surface area contributed by atoms with E-state index in [1.165, 1.54) is 24.2 Å². The topological polar surface area (TPSA) is 110 Å². The zero-order valence-corrected chi connectivity index (χ0v) is 21.7. The summed E-state index contributed by atoms with van der Waals surface area (Å²) in [6, 6.07) is 9.22. The Balaban J connectivity index is 1.41. The molecule has 38 heavy (non-hydrogen) atoms. The Bertz CT molecular complexity index is 1560. The Morgan fingerprint density at radius 1 is 1.13 bits per heavy atom. The third-order valence-corrected chi connectivity index (χ3v) is 6.80. The van der Waals surface area contributed by atoms with Crippen LogP contribution in [0.1, 0.15) is 23.7 Å². The number of rotatable bonds is 6. The van der Waals surface area contributed by atoms with Crippen LogP contribution >= 0.6 is 15.9 Å². The molecule has 9 nitrogen and oxygen atoms in total. The molecule has 2 atom stereocenters. The van der Waals surface area contributed by atoms with Crippen LogP contribution < -0.4 is 5.32 Å². The van der Waals surface area contributed by atoms with Crippen LogP contribution in [0.3, 0.4) is 0 Å². The van der Waals surface area contributed by atoms with Gasteiger partial charge in [0.1, 0.15) is 29.2 Å². The van der Waals surface area contributed by atoms with Crippen LogP contribution in [0.15, 0.2) is 59.6 Å². The Hall–Kier alpha value is -4.06. The average molecular weight is 583 g/mol. The first-order valence-corrected chi connectivity index (χ1v) is 12.5. The maximum absolute atomic E-state index is 14.4. The average Bonchev–Trinajstić information content (AvgIpc) is 3.45. The smallest absolute Gasteiger partial charge is 0.308 e. The largest absolute Gasteiger partial charge is 0.337 e. The number of ketones is 1. The molecule has 1 aliphatic rings. The molecular weight excluding hydrogens is 562 g/mol. The number of carbonyl (C=O) groups excluding carboxylic acids is 3. The summed E-state index contributed by atoms with van der Waals surface area (Å²) >= 11 is 3.23. The third kappa shape index (κ3) is 5.17. The van der Waals surface area contributed by atoms with Crippen molar-refractivity contribution in [3.8, 4) is 11.1 Å². The second kappa shape index (κ2) is 10.4. The number of hydrogen-bond donors (Lipinski definition) is 1. The zero-order chi connectivity index (χ0) is 27.0. The monoisotopic (exact) mass is 582 g/mol. The molecule has 2 amide bonds. The SMILES string of the molecule is CC(=O)c1cn(CC(=O)N2C[C@H](F)CC2C(=O)Nc2cccc(Br)n2)c2ccc(-c3cnc(F)nc3)cc12. The summed E-state index contributed by atoms with van der Waals surface area (Å²) in [5.41, 5.74) is 2.22. The van der Waals surface area contributed by atoms with E-state index in [2.05, 4.69) is 36.2 Å². The van der Waals surface area contributed by atoms with Crippen LogP contribution in [0.2, 0.25) is 0 Å². The van der Waals surface area contributed by atoms with E-state index in [0.29, 0.717) is 32.2 Å². The maximum Gasteiger partial charge on any atom is 0.308 e. The summed E-state index contributed by atoms with van der Waals surface area (Å²) in [5, 5.41) is 3.23. The molecule has 0 spiro atoms. The molecule has 5 rings (SSSR count). The van der Waals surface area contributed by atoms with Crippen LogP contribution in [0.5, 0.6) is 0 Å². The Kier molecular flexibility index (Phi) is 6.98. The number of Topliss-reactive ketones (excluding diaryl/α,β-unsaturated/α-hetero) is 1. The highest BCUT2D eigenvalue weighted by atomic mass is 79.9. The first-order valence-electron chi connectivity index (χ1n) is 11.7. The highest BCUT2D eigenvalue weighted by Crippen LogP contribution is 2.29. The van der Waals surface area contributed by atoms with E-state index in [0.717, 1.165) is 0 Å². The predicted octanol–water partition coefficient (Wildman–Crippen LogP) is 4.18. The van der Waals surface area contributed by atoms with E-state index < -0.39 is 30.1 Å². The normalized spacial score (nSPS) is 17.1. The highest BCUT2D eigenvalue weighted by Gasteiger charge is 2.40. The van der Waals surface area contributed by atoms with Gasteiger partial charge in [-0.3, -0.25) is 14.4 Å². The molecule has 1 aromatic carbocycles. The fourth-order valence-corrected chi connectivity index (χ4v) is 4.93. The van der Waals surface area contributed by atoms with Gasteiger partial charge in [-0.2, -0.15) is 4.39 Å². The van der Waals surface area contributed by atoms with E-state index in [-0.39, 0.29) is 31.1 Å². The lowest BCUT2D eigenvalue weighted by Crippen LogP contribution is -2.44. The molecule has 4 aromatic rings. The molecule has 1 aliphatic heterocycles. The number of benzene rings is 1. The Labute approximate surface area is 224 Å². The molecule has 1 N–H and O–H groups in total. The van der Waals surface area contributed by atoms with Crippen LogP contribution in [0.25, 0.3) is 22.0 Å². The minimum atomic E-state index is -1.35. The number of likely N-dealkylation sites (tertiary alicyclic amines) is 1. The van der Waals surface area contributed by atoms with Crippen molar-refractivity contribution in [3.05, 3.63) is 71.2 Å². The van der Waals surface area contributed by atoms with Crippen molar-refractivity contribution in [2.45, 2.75) is 32.1 Å². The molecule has 1 fully saturated rings. The summed E-state index contributed by atoms with van der Waals surface area (Å²) in [4.78, 5) is 51.2. The second-order valence-electron chi connectivity index (χ2n) is 8.93. The summed E-state index contributed by atoms with van der Waals surface area (Å²) < 4.78 is 29.7. The molecule has 1 unspecified atom stereocenters. The number of pyridine rings is 1. The van der Waals surface area contributed by atoms with Crippen molar-refractivity contribution < 1.29 is 23.2 Å². The van der Waals surface area contributed by atoms with E-state index in [1.807, 2.05) is 0 Å². The van der Waals surface area contributed by atoms with Crippen molar-refractivity contribution in [2.24, 2.45) is 0 Å². The minimum Gasteiger partial charge on any atom is -0.337 e. The lowest BCUT2D eigenvalue weighted by molar-refractivity contribution is -0.137. The molecule has 0 radical (unpaired) electrons. The second-order valence-corrected chi connectivity index (χ2v) is 9.74. The number of anilines is 1. The number of alkyl halides is 1. The third-order valence-electron chi connectivity index (χ3n) is 6.36. The zero-order valence-electron chi connectivity index (χ0n) is 20.1. The quantitative estimate of drug-likeness (QED) is 0.207. The van der Waals surface area contributed by atoms with Crippen molar-refractivity contribution in [1.29, 1.82) is 0 Å². The number of carbonyl (C=O) groups is 3. The summed E-state index contributed by atoms with van der Waals surface area (Å²) in [6.45, 7) is 1.00. The minimum absolute atomic E-state index is 0.125. The number of halogens is 3. The van der Waals surface area contributed by atoms with Crippen molar-refractivity contribution >= 4 is 50.2 Å². The van der Waals surface area contributed by atoms with Crippen LogP contribution in [-0.4, -0.2) is 60.8 Å². The van der Waals surface area contributed by atoms with Gasteiger partial charge in [-0.15, -0.1) is 0 Å². The van der Waals surface area contributed by atoms with Crippen LogP contribution in [0.4, 0.5) is 14.6 Å². The number of amides is 2. The fraction of sp³-hybridized carbons (Fsp3) is 0.231. The van der Waals surface area contributed by atoms with Crippen molar-refractivity contribution in [2.75, 3.05) is 11.9 Å². The predicted molar refractivity (Wildman–Crippen MR) is 139 cm³/mol. The van der Waals surface area contributed by atoms with Crippen molar-refractivity contribution in [3.63, 3.8) is 0 Å². The van der Waals surface area contributed by atoms with E-state index >= 15 is 0 Å². The standard InChI is InChI=1S/C26H21BrF2N6O3/c1-14(36)19-12-34(20-6-5-15(7-18(19)20)16-9-30-26(29)31-10-16)13-24(37)35-11-17(28)8-21(35)25(38)33-23-4-2-3-22(27)32-23/h2-7,9-10,12,17,21H,8,11,13H2,1H3,(H,32,33,38)/t17-,21?/m1/s1. The van der Waals surface area contributed by atoms with Gasteiger partial charge < -0.3 is 14.8 Å². The van der Waals surface area contributed by atoms with Gasteiger partial charge in [-0.05, 0) is 52.7 Å². The van der Waals surface area contributed by atoms with Gasteiger partial charge in [0.2, 0.25) is 11.8 Å². The summed E-state index contributed by atoms with van der Waals surface area (Å²) in [6.07, 6.45) is 1.93. The lowest BCUT2D eigenvalue weighted by atomic mass is 10.0. The first-order chi connectivity index (χ1) is 18.2. The van der Waals surface area contributed by atoms with Gasteiger partial charge in [-0.25, -0.2) is 19.3 Å². The van der Waals surface area contributed by atoms with Gasteiger partial charge in [0, 0.05) is 47.0 Å². The van der Waals surface area contributed by atoms with E-state index in [9.17, 15) is 23.2 Å². The molecule has 0 bridgehead atoms. The fourth-order valence-electron chi connectivity index (χ4n) is 4.58. The van der Waals surface area contributed by atoms with E-state index in [1.54, 1.807) is 47.2 Å². The van der Waals surface area contributed by atoms with E-state index in [4.69, 9.17) is 0 Å². The van der Waals surface area contributed by atoms with Crippen molar-refractivity contribution in [1.82, 2.24) is 24.4 Å². The summed E-state index contributed by atoms with van der Waals surface area (Å²) in [5.74, 6) is -0.922. The number of aromatic nitrogens is 4. The molecule has 0 saturated carbocycles. The van der Waals surface area contributed by atoms with Crippen LogP contribution in [-0.2, 0) is 16.1 Å². The molecule has 3 aromatic heterocycles. The number of fused-ring (bicyclic) bond motifs is 1. The van der Waals surface area contributed by atoms with Crippen LogP contribution in [0, 0.1) is 6.08 Å². The molecule has 4 heterocycles. The molecular formula is C26H21BrF2N6O3. The first kappa shape index (κ1) is 25.6. The van der Waals surface area contributed by atoms with Gasteiger partial charge in [0.15, 0.2) is 5.78 Å². The van der Waals surface area contributed by atoms with Gasteiger partial charge in [-0.1, -0.05) is 12.1 Å². The van der Waals surface area contributed by atoms with Gasteiger partial charge >= 0.3 is 6.08 Å². The molecule has 1 saturated heterocycles. The molecule has 12 heteroatoms. The maximum atomic E-state index is 14.4. The lowest BCUT2D eigenvalue weighted by Gasteiger charge is -2.24.